The van der Waals surface area contributed by atoms with Gasteiger partial charge in [0, 0.05) is 19.1 Å². The van der Waals surface area contributed by atoms with Gasteiger partial charge in [-0.15, -0.1) is 5.10 Å². The predicted octanol–water partition coefficient (Wildman–Crippen LogP) is 4.33. The fraction of sp³-hybridized carbons (Fsp3) is 0.583. The van der Waals surface area contributed by atoms with Gasteiger partial charge in [-0.1, -0.05) is 45.4 Å². The number of hydrogen-bond donors (Lipinski definition) is 2. The summed E-state index contributed by atoms with van der Waals surface area (Å²) in [5.41, 5.74) is 2.18. The maximum atomic E-state index is 12.6. The van der Waals surface area contributed by atoms with Gasteiger partial charge in [0.15, 0.2) is 0 Å². The van der Waals surface area contributed by atoms with Gasteiger partial charge < -0.3 is 10.4 Å². The molecule has 1 amide bonds. The Labute approximate surface area is 203 Å². The van der Waals surface area contributed by atoms with Gasteiger partial charge in [-0.05, 0) is 50.3 Å². The first-order valence-corrected chi connectivity index (χ1v) is 11.8. The molecule has 2 heterocycles. The highest BCUT2D eigenvalue weighted by Gasteiger charge is 2.38. The summed E-state index contributed by atoms with van der Waals surface area (Å²) in [6.45, 7) is 11.1. The second-order valence-electron chi connectivity index (χ2n) is 8.76. The minimum Gasteiger partial charge on any atom is -0.475 e. The maximum Gasteiger partial charge on any atom is 0.490 e. The van der Waals surface area contributed by atoms with Crippen LogP contribution in [0.3, 0.4) is 0 Å². The molecule has 1 aliphatic rings. The lowest BCUT2D eigenvalue weighted by Gasteiger charge is -2.35. The van der Waals surface area contributed by atoms with Crippen LogP contribution in [-0.2, 0) is 4.79 Å². The lowest BCUT2D eigenvalue weighted by Crippen LogP contribution is -2.43. The third kappa shape index (κ3) is 8.05. The van der Waals surface area contributed by atoms with E-state index in [1.807, 2.05) is 25.1 Å². The van der Waals surface area contributed by atoms with E-state index < -0.39 is 12.1 Å². The first kappa shape index (κ1) is 28.3. The van der Waals surface area contributed by atoms with Crippen LogP contribution in [0.4, 0.5) is 13.2 Å². The van der Waals surface area contributed by atoms with Gasteiger partial charge in [-0.3, -0.25) is 9.69 Å². The normalized spacial score (nSPS) is 16.5. The standard InChI is InChI=1S/C22H33N5O.C2HF3O2/c1-5-18-10-8-9-14-26(18)15-13-23-22(28)21-24-17(4)27(25-21)20-12-7-6-11-19(20)16(2)3;3-2(4,5)1(6)7/h6-7,11-12,16,18H,5,8-10,13-15H2,1-4H3,(H,23,28);(H,6,7). The van der Waals surface area contributed by atoms with Crippen molar-refractivity contribution in [2.45, 2.75) is 71.5 Å². The molecule has 0 spiro atoms. The summed E-state index contributed by atoms with van der Waals surface area (Å²) in [6.07, 6.45) is -0.0655. The SMILES string of the molecule is CCC1CCCCN1CCNC(=O)c1nc(C)n(-c2ccccc2C(C)C)n1.O=C(O)C(F)(F)F. The Kier molecular flexibility index (Phi) is 10.2. The summed E-state index contributed by atoms with van der Waals surface area (Å²) in [5.74, 6) is -1.63. The third-order valence-electron chi connectivity index (χ3n) is 5.91. The molecule has 1 atom stereocenters. The summed E-state index contributed by atoms with van der Waals surface area (Å²) in [5, 5.41) is 14.6. The Balaban J connectivity index is 0.000000540. The number of carboxylic acid groups (broad SMARTS) is 1. The van der Waals surface area contributed by atoms with Crippen molar-refractivity contribution < 1.29 is 27.9 Å². The number of amides is 1. The number of likely N-dealkylation sites (tertiary alicyclic amines) is 1. The van der Waals surface area contributed by atoms with Crippen molar-refractivity contribution in [1.82, 2.24) is 25.0 Å². The van der Waals surface area contributed by atoms with E-state index in [0.717, 1.165) is 24.6 Å². The number of halogens is 3. The molecule has 1 aliphatic heterocycles. The number of rotatable bonds is 7. The van der Waals surface area contributed by atoms with E-state index in [-0.39, 0.29) is 11.7 Å². The van der Waals surface area contributed by atoms with E-state index >= 15 is 0 Å². The summed E-state index contributed by atoms with van der Waals surface area (Å²) in [6, 6.07) is 8.80. The molecule has 2 aromatic rings. The van der Waals surface area contributed by atoms with Crippen molar-refractivity contribution in [3.05, 3.63) is 41.5 Å². The predicted molar refractivity (Wildman–Crippen MR) is 126 cm³/mol. The van der Waals surface area contributed by atoms with Crippen molar-refractivity contribution in [2.24, 2.45) is 0 Å². The number of nitrogens with zero attached hydrogens (tertiary/aromatic N) is 4. The fourth-order valence-corrected chi connectivity index (χ4v) is 4.09. The number of benzene rings is 1. The van der Waals surface area contributed by atoms with Crippen molar-refractivity contribution in [2.75, 3.05) is 19.6 Å². The van der Waals surface area contributed by atoms with Crippen LogP contribution in [0.2, 0.25) is 0 Å². The van der Waals surface area contributed by atoms with Crippen LogP contribution >= 0.6 is 0 Å². The van der Waals surface area contributed by atoms with E-state index in [1.54, 1.807) is 4.68 Å². The zero-order valence-electron chi connectivity index (χ0n) is 20.6. The van der Waals surface area contributed by atoms with Crippen molar-refractivity contribution >= 4 is 11.9 Å². The van der Waals surface area contributed by atoms with E-state index in [0.29, 0.717) is 18.5 Å². The van der Waals surface area contributed by atoms with Gasteiger partial charge in [0.05, 0.1) is 5.69 Å². The zero-order valence-corrected chi connectivity index (χ0v) is 20.6. The second kappa shape index (κ2) is 12.7. The van der Waals surface area contributed by atoms with Crippen LogP contribution in [0.5, 0.6) is 0 Å². The number of hydrogen-bond acceptors (Lipinski definition) is 5. The average Bonchev–Trinajstić information content (AvgIpc) is 3.20. The van der Waals surface area contributed by atoms with E-state index in [1.165, 1.54) is 31.2 Å². The Bertz CT molecular complexity index is 991. The third-order valence-corrected chi connectivity index (χ3v) is 5.91. The molecule has 0 saturated carbocycles. The highest BCUT2D eigenvalue weighted by atomic mass is 19.4. The van der Waals surface area contributed by atoms with Gasteiger partial charge in [0.2, 0.25) is 5.82 Å². The largest absolute Gasteiger partial charge is 0.490 e. The topological polar surface area (TPSA) is 100 Å². The number of nitrogens with one attached hydrogen (secondary N) is 1. The first-order chi connectivity index (χ1) is 16.5. The first-order valence-electron chi connectivity index (χ1n) is 11.8. The molecule has 35 heavy (non-hydrogen) atoms. The number of alkyl halides is 3. The lowest BCUT2D eigenvalue weighted by atomic mass is 10.0. The van der Waals surface area contributed by atoms with Crippen LogP contribution in [0.15, 0.2) is 24.3 Å². The molecule has 8 nitrogen and oxygen atoms in total. The number of carbonyl (C=O) groups excluding carboxylic acids is 1. The Morgan fingerprint density at radius 1 is 1.23 bits per heavy atom. The van der Waals surface area contributed by atoms with E-state index in [9.17, 15) is 18.0 Å². The molecular formula is C24H34F3N5O3. The number of para-hydroxylation sites is 1. The second-order valence-corrected chi connectivity index (χ2v) is 8.76. The number of carbonyl (C=O) groups is 2. The van der Waals surface area contributed by atoms with Crippen LogP contribution < -0.4 is 5.32 Å². The molecule has 0 aliphatic carbocycles. The van der Waals surface area contributed by atoms with Crippen molar-refractivity contribution in [3.8, 4) is 5.69 Å². The highest BCUT2D eigenvalue weighted by molar-refractivity contribution is 5.90. The molecule has 0 bridgehead atoms. The molecule has 194 valence electrons. The van der Waals surface area contributed by atoms with Crippen LogP contribution in [0, 0.1) is 6.92 Å². The Morgan fingerprint density at radius 2 is 1.89 bits per heavy atom. The summed E-state index contributed by atoms with van der Waals surface area (Å²) in [4.78, 5) is 28.4. The Hall–Kier alpha value is -2.95. The number of aryl methyl sites for hydroxylation is 1. The van der Waals surface area contributed by atoms with Gasteiger partial charge >= 0.3 is 12.1 Å². The average molecular weight is 498 g/mol. The van der Waals surface area contributed by atoms with Crippen molar-refractivity contribution in [1.29, 1.82) is 0 Å². The molecule has 1 fully saturated rings. The van der Waals surface area contributed by atoms with Gasteiger partial charge in [0.25, 0.3) is 5.91 Å². The van der Waals surface area contributed by atoms with Gasteiger partial charge in [0.1, 0.15) is 5.82 Å². The minimum absolute atomic E-state index is 0.200. The van der Waals surface area contributed by atoms with E-state index in [2.05, 4.69) is 47.1 Å². The Morgan fingerprint density at radius 3 is 2.49 bits per heavy atom. The van der Waals surface area contributed by atoms with Gasteiger partial charge in [-0.2, -0.15) is 13.2 Å². The molecule has 11 heteroatoms. The summed E-state index contributed by atoms with van der Waals surface area (Å²) >= 11 is 0. The smallest absolute Gasteiger partial charge is 0.475 e. The van der Waals surface area contributed by atoms with Crippen LogP contribution in [0.25, 0.3) is 5.69 Å². The van der Waals surface area contributed by atoms with Crippen molar-refractivity contribution in [3.63, 3.8) is 0 Å². The minimum atomic E-state index is -5.08. The molecule has 1 aromatic carbocycles. The van der Waals surface area contributed by atoms with Crippen LogP contribution in [0.1, 0.15) is 74.4 Å². The summed E-state index contributed by atoms with van der Waals surface area (Å²) < 4.78 is 33.5. The fourth-order valence-electron chi connectivity index (χ4n) is 4.09. The van der Waals surface area contributed by atoms with E-state index in [4.69, 9.17) is 9.90 Å². The number of carboxylic acids is 1. The quantitative estimate of drug-likeness (QED) is 0.591. The number of aromatic nitrogens is 3. The maximum absolute atomic E-state index is 12.6. The molecular weight excluding hydrogens is 463 g/mol. The number of aliphatic carboxylic acids is 1. The molecule has 1 aromatic heterocycles. The molecule has 3 rings (SSSR count). The van der Waals surface area contributed by atoms with Crippen LogP contribution in [-0.4, -0.2) is 68.5 Å². The molecule has 0 radical (unpaired) electrons. The summed E-state index contributed by atoms with van der Waals surface area (Å²) in [7, 11) is 0. The molecule has 1 unspecified atom stereocenters. The van der Waals surface area contributed by atoms with Gasteiger partial charge in [-0.25, -0.2) is 14.5 Å². The lowest BCUT2D eigenvalue weighted by molar-refractivity contribution is -0.192. The zero-order chi connectivity index (χ0) is 26.2. The molecule has 1 saturated heterocycles. The highest BCUT2D eigenvalue weighted by Crippen LogP contribution is 2.23. The number of piperidine rings is 1. The molecule has 2 N–H and O–H groups in total. The monoisotopic (exact) mass is 497 g/mol.